The molecule has 0 spiro atoms. The Morgan fingerprint density at radius 3 is 2.15 bits per heavy atom. The Labute approximate surface area is 160 Å². The summed E-state index contributed by atoms with van der Waals surface area (Å²) in [6.07, 6.45) is 5.55. The van der Waals surface area contributed by atoms with Crippen molar-refractivity contribution in [2.24, 2.45) is 5.92 Å². The molecule has 27 heavy (non-hydrogen) atoms. The third kappa shape index (κ3) is 3.75. The lowest BCUT2D eigenvalue weighted by Crippen LogP contribution is -2.61. The lowest BCUT2D eigenvalue weighted by Gasteiger charge is -2.43. The van der Waals surface area contributed by atoms with E-state index in [1.807, 2.05) is 65.6 Å². The number of hydrogen-bond acceptors (Lipinski definition) is 2. The number of nitrogens with one attached hydrogen (secondary N) is 1. The van der Waals surface area contributed by atoms with E-state index in [1.165, 1.54) is 6.42 Å². The van der Waals surface area contributed by atoms with Crippen molar-refractivity contribution in [1.82, 2.24) is 10.2 Å². The fourth-order valence-corrected chi connectivity index (χ4v) is 4.48. The van der Waals surface area contributed by atoms with Crippen LogP contribution in [0.2, 0.25) is 0 Å². The van der Waals surface area contributed by atoms with Crippen molar-refractivity contribution in [2.45, 2.75) is 50.7 Å². The maximum Gasteiger partial charge on any atom is 0.250 e. The summed E-state index contributed by atoms with van der Waals surface area (Å²) in [5.74, 6) is 0.245. The molecule has 2 aromatic carbocycles. The van der Waals surface area contributed by atoms with Crippen LogP contribution in [0.1, 0.15) is 49.3 Å². The summed E-state index contributed by atoms with van der Waals surface area (Å²) in [6, 6.07) is 18.6. The van der Waals surface area contributed by atoms with Crippen molar-refractivity contribution in [3.8, 4) is 0 Å². The number of hydrogen-bond donors (Lipinski definition) is 1. The van der Waals surface area contributed by atoms with E-state index in [0.717, 1.165) is 36.8 Å². The molecule has 2 amide bonds. The van der Waals surface area contributed by atoms with Crippen molar-refractivity contribution in [2.75, 3.05) is 0 Å². The van der Waals surface area contributed by atoms with E-state index >= 15 is 0 Å². The molecule has 2 aliphatic rings. The lowest BCUT2D eigenvalue weighted by atomic mass is 9.81. The van der Waals surface area contributed by atoms with Crippen molar-refractivity contribution in [3.63, 3.8) is 0 Å². The molecule has 1 aliphatic heterocycles. The Bertz CT molecular complexity index is 785. The van der Waals surface area contributed by atoms with Crippen molar-refractivity contribution in [1.29, 1.82) is 0 Å². The predicted molar refractivity (Wildman–Crippen MR) is 105 cm³/mol. The second-order valence-corrected chi connectivity index (χ2v) is 7.65. The number of rotatable bonds is 4. The zero-order valence-corrected chi connectivity index (χ0v) is 15.5. The maximum atomic E-state index is 13.4. The van der Waals surface area contributed by atoms with Crippen LogP contribution in [0.5, 0.6) is 0 Å². The first kappa shape index (κ1) is 17.8. The highest BCUT2D eigenvalue weighted by Gasteiger charge is 2.44. The highest BCUT2D eigenvalue weighted by atomic mass is 16.2. The van der Waals surface area contributed by atoms with Gasteiger partial charge >= 0.3 is 0 Å². The zero-order valence-electron chi connectivity index (χ0n) is 15.5. The molecule has 0 aromatic heterocycles. The van der Waals surface area contributed by atoms with Crippen molar-refractivity contribution < 1.29 is 9.59 Å². The standard InChI is InChI=1S/C23H26N2O2/c26-22-21(19-14-8-3-9-15-19)25(16-17-10-4-1-5-11-17)23(27)20(24-22)18-12-6-2-7-13-18/h1-2,4-7,10-13,19-21H,3,8-9,14-16H2,(H,24,26). The molecule has 4 heteroatoms. The van der Waals surface area contributed by atoms with Gasteiger partial charge in [-0.05, 0) is 29.9 Å². The largest absolute Gasteiger partial charge is 0.339 e. The van der Waals surface area contributed by atoms with Crippen LogP contribution in [0.25, 0.3) is 0 Å². The van der Waals surface area contributed by atoms with Crippen LogP contribution in [-0.2, 0) is 16.1 Å². The smallest absolute Gasteiger partial charge is 0.250 e. The van der Waals surface area contributed by atoms with Gasteiger partial charge in [0.1, 0.15) is 12.1 Å². The van der Waals surface area contributed by atoms with Gasteiger partial charge in [-0.2, -0.15) is 0 Å². The molecule has 4 nitrogen and oxygen atoms in total. The summed E-state index contributed by atoms with van der Waals surface area (Å²) in [5.41, 5.74) is 1.91. The maximum absolute atomic E-state index is 13.4. The van der Waals surface area contributed by atoms with E-state index in [0.29, 0.717) is 6.54 Å². The van der Waals surface area contributed by atoms with E-state index in [2.05, 4.69) is 5.32 Å². The van der Waals surface area contributed by atoms with Crippen LogP contribution >= 0.6 is 0 Å². The van der Waals surface area contributed by atoms with Gasteiger partial charge in [0.25, 0.3) is 5.91 Å². The molecule has 0 bridgehead atoms. The number of carbonyl (C=O) groups excluding carboxylic acids is 2. The molecule has 4 rings (SSSR count). The SMILES string of the molecule is O=C1NC(c2ccccc2)C(=O)N(Cc2ccccc2)C1C1CCCCC1. The Kier molecular flexibility index (Phi) is 5.23. The summed E-state index contributed by atoms with van der Waals surface area (Å²) in [6.45, 7) is 0.484. The van der Waals surface area contributed by atoms with E-state index in [4.69, 9.17) is 0 Å². The Balaban J connectivity index is 1.66. The van der Waals surface area contributed by atoms with Gasteiger partial charge in [0, 0.05) is 6.54 Å². The number of carbonyl (C=O) groups is 2. The van der Waals surface area contributed by atoms with Crippen LogP contribution in [0.15, 0.2) is 60.7 Å². The van der Waals surface area contributed by atoms with Gasteiger partial charge < -0.3 is 10.2 Å². The van der Waals surface area contributed by atoms with Gasteiger partial charge in [0.05, 0.1) is 0 Å². The van der Waals surface area contributed by atoms with Gasteiger partial charge in [-0.25, -0.2) is 0 Å². The molecular formula is C23H26N2O2. The fraction of sp³-hybridized carbons (Fsp3) is 0.391. The zero-order chi connectivity index (χ0) is 18.6. The van der Waals surface area contributed by atoms with Crippen LogP contribution in [0.3, 0.4) is 0 Å². The van der Waals surface area contributed by atoms with E-state index in [9.17, 15) is 9.59 Å². The lowest BCUT2D eigenvalue weighted by molar-refractivity contribution is -0.153. The number of piperazine rings is 1. The topological polar surface area (TPSA) is 49.4 Å². The molecule has 2 fully saturated rings. The minimum Gasteiger partial charge on any atom is -0.339 e. The molecule has 1 saturated heterocycles. The van der Waals surface area contributed by atoms with E-state index in [1.54, 1.807) is 0 Å². The van der Waals surface area contributed by atoms with Gasteiger partial charge in [-0.1, -0.05) is 79.9 Å². The van der Waals surface area contributed by atoms with Crippen LogP contribution in [0, 0.1) is 5.92 Å². The molecular weight excluding hydrogens is 336 g/mol. The van der Waals surface area contributed by atoms with Crippen molar-refractivity contribution >= 4 is 11.8 Å². The van der Waals surface area contributed by atoms with Gasteiger partial charge in [0.15, 0.2) is 0 Å². The summed E-state index contributed by atoms with van der Waals surface area (Å²) < 4.78 is 0. The molecule has 2 atom stereocenters. The average Bonchev–Trinajstić information content (AvgIpc) is 2.72. The quantitative estimate of drug-likeness (QED) is 0.898. The molecule has 1 aliphatic carbocycles. The van der Waals surface area contributed by atoms with Crippen molar-refractivity contribution in [3.05, 3.63) is 71.8 Å². The summed E-state index contributed by atoms with van der Waals surface area (Å²) in [4.78, 5) is 28.4. The first-order chi connectivity index (χ1) is 13.2. The number of nitrogens with zero attached hydrogens (tertiary/aromatic N) is 1. The fourth-order valence-electron chi connectivity index (χ4n) is 4.48. The second kappa shape index (κ2) is 7.95. The molecule has 0 radical (unpaired) electrons. The Hall–Kier alpha value is -2.62. The first-order valence-corrected chi connectivity index (χ1v) is 9.94. The minimum absolute atomic E-state index is 0.000210. The summed E-state index contributed by atoms with van der Waals surface area (Å²) in [7, 11) is 0. The van der Waals surface area contributed by atoms with Gasteiger partial charge in [0.2, 0.25) is 5.91 Å². The molecule has 1 N–H and O–H groups in total. The first-order valence-electron chi connectivity index (χ1n) is 9.94. The minimum atomic E-state index is -0.595. The second-order valence-electron chi connectivity index (χ2n) is 7.65. The molecule has 1 saturated carbocycles. The highest BCUT2D eigenvalue weighted by molar-refractivity contribution is 5.97. The summed E-state index contributed by atoms with van der Waals surface area (Å²) >= 11 is 0. The molecule has 140 valence electrons. The van der Waals surface area contributed by atoms with Gasteiger partial charge in [-0.15, -0.1) is 0 Å². The van der Waals surface area contributed by atoms with Gasteiger partial charge in [-0.3, -0.25) is 9.59 Å². The number of amides is 2. The van der Waals surface area contributed by atoms with Crippen LogP contribution in [-0.4, -0.2) is 22.8 Å². The normalized spacial score (nSPS) is 23.9. The Morgan fingerprint density at radius 2 is 1.48 bits per heavy atom. The molecule has 2 unspecified atom stereocenters. The third-order valence-corrected chi connectivity index (χ3v) is 5.85. The monoisotopic (exact) mass is 362 g/mol. The average molecular weight is 362 g/mol. The van der Waals surface area contributed by atoms with Crippen LogP contribution in [0.4, 0.5) is 0 Å². The van der Waals surface area contributed by atoms with Crippen LogP contribution < -0.4 is 5.32 Å². The molecule has 2 aromatic rings. The van der Waals surface area contributed by atoms with E-state index in [-0.39, 0.29) is 23.8 Å². The third-order valence-electron chi connectivity index (χ3n) is 5.85. The summed E-state index contributed by atoms with van der Waals surface area (Å²) in [5, 5.41) is 3.02. The molecule has 1 heterocycles. The van der Waals surface area contributed by atoms with E-state index < -0.39 is 6.04 Å². The predicted octanol–water partition coefficient (Wildman–Crippen LogP) is 3.84. The Morgan fingerprint density at radius 1 is 0.852 bits per heavy atom. The number of benzene rings is 2. The highest BCUT2D eigenvalue weighted by Crippen LogP contribution is 2.34.